The third-order valence-corrected chi connectivity index (χ3v) is 6.48. The van der Waals surface area contributed by atoms with Crippen molar-refractivity contribution in [2.75, 3.05) is 25.5 Å². The Morgan fingerprint density at radius 3 is 2.46 bits per heavy atom. The highest BCUT2D eigenvalue weighted by molar-refractivity contribution is 7.89. The Morgan fingerprint density at radius 1 is 1.14 bits per heavy atom. The van der Waals surface area contributed by atoms with E-state index in [2.05, 4.69) is 5.32 Å². The first-order chi connectivity index (χ1) is 13.3. The molecule has 0 radical (unpaired) electrons. The van der Waals surface area contributed by atoms with Crippen molar-refractivity contribution < 1.29 is 18.0 Å². The van der Waals surface area contributed by atoms with Crippen molar-refractivity contribution in [2.24, 2.45) is 0 Å². The summed E-state index contributed by atoms with van der Waals surface area (Å²) in [5, 5.41) is 2.82. The summed E-state index contributed by atoms with van der Waals surface area (Å²) < 4.78 is 25.3. The molecule has 1 heterocycles. The Labute approximate surface area is 165 Å². The van der Waals surface area contributed by atoms with E-state index in [-0.39, 0.29) is 23.3 Å². The highest BCUT2D eigenvalue weighted by Gasteiger charge is 2.22. The molecule has 1 saturated heterocycles. The van der Waals surface area contributed by atoms with E-state index in [9.17, 15) is 18.0 Å². The maximum atomic E-state index is 12.5. The molecular formula is C20H23N3O4S. The van der Waals surface area contributed by atoms with Crippen LogP contribution in [0.5, 0.6) is 0 Å². The molecule has 148 valence electrons. The number of carbonyl (C=O) groups is 2. The molecule has 0 aliphatic carbocycles. The number of nitrogens with one attached hydrogen (secondary N) is 1. The number of sulfonamides is 1. The zero-order valence-corrected chi connectivity index (χ0v) is 16.7. The Kier molecular flexibility index (Phi) is 5.81. The summed E-state index contributed by atoms with van der Waals surface area (Å²) in [5.41, 5.74) is 1.99. The summed E-state index contributed by atoms with van der Waals surface area (Å²) in [4.78, 5) is 26.3. The van der Waals surface area contributed by atoms with Crippen LogP contribution >= 0.6 is 0 Å². The van der Waals surface area contributed by atoms with Crippen LogP contribution in [-0.4, -0.2) is 45.2 Å². The highest BCUT2D eigenvalue weighted by atomic mass is 32.2. The van der Waals surface area contributed by atoms with E-state index in [1.165, 1.54) is 26.2 Å². The zero-order chi connectivity index (χ0) is 20.3. The van der Waals surface area contributed by atoms with Gasteiger partial charge in [-0.1, -0.05) is 18.2 Å². The van der Waals surface area contributed by atoms with Crippen LogP contribution in [0, 0.1) is 0 Å². The van der Waals surface area contributed by atoms with Crippen LogP contribution in [0.1, 0.15) is 28.8 Å². The van der Waals surface area contributed by atoms with E-state index >= 15 is 0 Å². The molecule has 2 aromatic carbocycles. The average Bonchev–Trinajstić information content (AvgIpc) is 3.12. The summed E-state index contributed by atoms with van der Waals surface area (Å²) in [6.45, 7) is 0.945. The fourth-order valence-corrected chi connectivity index (χ4v) is 3.91. The van der Waals surface area contributed by atoms with Crippen LogP contribution in [-0.2, 0) is 21.4 Å². The zero-order valence-electron chi connectivity index (χ0n) is 15.9. The first kappa shape index (κ1) is 20.0. The summed E-state index contributed by atoms with van der Waals surface area (Å²) in [6, 6.07) is 13.4. The maximum absolute atomic E-state index is 12.5. The van der Waals surface area contributed by atoms with Crippen LogP contribution in [0.2, 0.25) is 0 Å². The smallest absolute Gasteiger partial charge is 0.251 e. The monoisotopic (exact) mass is 401 g/mol. The van der Waals surface area contributed by atoms with Crippen molar-refractivity contribution in [3.63, 3.8) is 0 Å². The van der Waals surface area contributed by atoms with Gasteiger partial charge in [-0.05, 0) is 42.3 Å². The second-order valence-electron chi connectivity index (χ2n) is 6.81. The van der Waals surface area contributed by atoms with Gasteiger partial charge in [-0.3, -0.25) is 9.59 Å². The number of hydrogen-bond acceptors (Lipinski definition) is 4. The fourth-order valence-electron chi connectivity index (χ4n) is 3.01. The number of benzene rings is 2. The standard InChI is InChI=1S/C20H23N3O4S/c1-22(2)28(26,27)18-10-8-15(9-11-18)14-21-20(25)16-5-3-6-17(13-16)23-12-4-7-19(23)24/h3,5-6,8-11,13H,4,7,12,14H2,1-2H3,(H,21,25). The molecule has 2 amide bonds. The van der Waals surface area contributed by atoms with Crippen LogP contribution in [0.3, 0.4) is 0 Å². The van der Waals surface area contributed by atoms with Gasteiger partial charge in [0.05, 0.1) is 4.90 Å². The number of hydrogen-bond donors (Lipinski definition) is 1. The van der Waals surface area contributed by atoms with Gasteiger partial charge in [0, 0.05) is 44.9 Å². The summed E-state index contributed by atoms with van der Waals surface area (Å²) >= 11 is 0. The van der Waals surface area contributed by atoms with Gasteiger partial charge < -0.3 is 10.2 Å². The molecule has 0 unspecified atom stereocenters. The van der Waals surface area contributed by atoms with Crippen molar-refractivity contribution in [3.8, 4) is 0 Å². The van der Waals surface area contributed by atoms with Gasteiger partial charge in [0.25, 0.3) is 5.91 Å². The fraction of sp³-hybridized carbons (Fsp3) is 0.300. The topological polar surface area (TPSA) is 86.8 Å². The van der Waals surface area contributed by atoms with Crippen LogP contribution in [0.4, 0.5) is 5.69 Å². The molecule has 0 aromatic heterocycles. The second-order valence-corrected chi connectivity index (χ2v) is 8.97. The molecule has 1 fully saturated rings. The van der Waals surface area contributed by atoms with Crippen LogP contribution in [0.15, 0.2) is 53.4 Å². The lowest BCUT2D eigenvalue weighted by molar-refractivity contribution is -0.117. The first-order valence-corrected chi connectivity index (χ1v) is 10.4. The molecule has 1 aliphatic rings. The van der Waals surface area contributed by atoms with Gasteiger partial charge in [-0.25, -0.2) is 12.7 Å². The molecular weight excluding hydrogens is 378 g/mol. The molecule has 0 saturated carbocycles. The summed E-state index contributed by atoms with van der Waals surface area (Å²) in [5.74, 6) is -0.177. The van der Waals surface area contributed by atoms with E-state index in [1.54, 1.807) is 35.2 Å². The van der Waals surface area contributed by atoms with Crippen molar-refractivity contribution >= 4 is 27.5 Å². The number of anilines is 1. The Balaban J connectivity index is 1.65. The quantitative estimate of drug-likeness (QED) is 0.802. The molecule has 28 heavy (non-hydrogen) atoms. The molecule has 2 aromatic rings. The predicted octanol–water partition coefficient (Wildman–Crippen LogP) is 1.99. The largest absolute Gasteiger partial charge is 0.348 e. The molecule has 0 atom stereocenters. The predicted molar refractivity (Wildman–Crippen MR) is 107 cm³/mol. The number of nitrogens with zero attached hydrogens (tertiary/aromatic N) is 2. The highest BCUT2D eigenvalue weighted by Crippen LogP contribution is 2.22. The third-order valence-electron chi connectivity index (χ3n) is 4.65. The third kappa shape index (κ3) is 4.23. The number of amides is 2. The molecule has 1 aliphatic heterocycles. The second kappa shape index (κ2) is 8.12. The molecule has 0 spiro atoms. The summed E-state index contributed by atoms with van der Waals surface area (Å²) in [7, 11) is -0.513. The first-order valence-electron chi connectivity index (χ1n) is 8.99. The minimum absolute atomic E-state index is 0.0744. The molecule has 7 nitrogen and oxygen atoms in total. The molecule has 3 rings (SSSR count). The number of carbonyl (C=O) groups excluding carboxylic acids is 2. The van der Waals surface area contributed by atoms with Gasteiger partial charge >= 0.3 is 0 Å². The SMILES string of the molecule is CN(C)S(=O)(=O)c1ccc(CNC(=O)c2cccc(N3CCCC3=O)c2)cc1. The van der Waals surface area contributed by atoms with Gasteiger partial charge in [0.15, 0.2) is 0 Å². The van der Waals surface area contributed by atoms with Gasteiger partial charge in [0.1, 0.15) is 0 Å². The van der Waals surface area contributed by atoms with E-state index in [0.29, 0.717) is 18.5 Å². The minimum atomic E-state index is -3.47. The van der Waals surface area contributed by atoms with E-state index in [0.717, 1.165) is 22.0 Å². The Morgan fingerprint density at radius 2 is 1.86 bits per heavy atom. The maximum Gasteiger partial charge on any atom is 0.251 e. The van der Waals surface area contributed by atoms with Gasteiger partial charge in [-0.15, -0.1) is 0 Å². The van der Waals surface area contributed by atoms with E-state index in [1.807, 2.05) is 6.07 Å². The lowest BCUT2D eigenvalue weighted by Gasteiger charge is -2.16. The van der Waals surface area contributed by atoms with Gasteiger partial charge in [0.2, 0.25) is 15.9 Å². The Hall–Kier alpha value is -2.71. The van der Waals surface area contributed by atoms with Crippen LogP contribution in [0.25, 0.3) is 0 Å². The number of rotatable bonds is 6. The van der Waals surface area contributed by atoms with Crippen molar-refractivity contribution in [1.82, 2.24) is 9.62 Å². The lowest BCUT2D eigenvalue weighted by Crippen LogP contribution is -2.26. The average molecular weight is 401 g/mol. The van der Waals surface area contributed by atoms with Gasteiger partial charge in [-0.2, -0.15) is 0 Å². The van der Waals surface area contributed by atoms with E-state index < -0.39 is 10.0 Å². The molecule has 8 heteroatoms. The lowest BCUT2D eigenvalue weighted by atomic mass is 10.1. The van der Waals surface area contributed by atoms with Crippen molar-refractivity contribution in [2.45, 2.75) is 24.3 Å². The minimum Gasteiger partial charge on any atom is -0.348 e. The van der Waals surface area contributed by atoms with Crippen molar-refractivity contribution in [1.29, 1.82) is 0 Å². The van der Waals surface area contributed by atoms with Crippen molar-refractivity contribution in [3.05, 3.63) is 59.7 Å². The summed E-state index contributed by atoms with van der Waals surface area (Å²) in [6.07, 6.45) is 1.37. The van der Waals surface area contributed by atoms with Crippen LogP contribution < -0.4 is 10.2 Å². The van der Waals surface area contributed by atoms with E-state index in [4.69, 9.17) is 0 Å². The Bertz CT molecular complexity index is 985. The molecule has 1 N–H and O–H groups in total. The normalized spacial score (nSPS) is 14.5. The molecule has 0 bridgehead atoms.